The van der Waals surface area contributed by atoms with Crippen molar-refractivity contribution in [3.63, 3.8) is 0 Å². The van der Waals surface area contributed by atoms with E-state index in [0.29, 0.717) is 0 Å². The largest absolute Gasteiger partial charge is 0.395 e. The molecular formula is C11H16O2. The van der Waals surface area contributed by atoms with Crippen molar-refractivity contribution in [2.75, 3.05) is 13.2 Å². The summed E-state index contributed by atoms with van der Waals surface area (Å²) in [6, 6.07) is 7.86. The van der Waals surface area contributed by atoms with Crippen LogP contribution in [0.2, 0.25) is 0 Å². The van der Waals surface area contributed by atoms with Gasteiger partial charge in [-0.3, -0.25) is 0 Å². The van der Waals surface area contributed by atoms with Gasteiger partial charge in [0.15, 0.2) is 0 Å². The highest BCUT2D eigenvalue weighted by molar-refractivity contribution is 5.28. The molecule has 1 aromatic carbocycles. The van der Waals surface area contributed by atoms with Crippen molar-refractivity contribution in [3.05, 3.63) is 35.4 Å². The Kier molecular flexibility index (Phi) is 3.07. The molecular weight excluding hydrogens is 164 g/mol. The Labute approximate surface area is 78.8 Å². The highest BCUT2D eigenvalue weighted by atomic mass is 16.3. The lowest BCUT2D eigenvalue weighted by molar-refractivity contribution is 0.129. The Balaban J connectivity index is 2.99. The molecule has 0 aliphatic rings. The molecule has 0 radical (unpaired) electrons. The van der Waals surface area contributed by atoms with E-state index < -0.39 is 5.41 Å². The van der Waals surface area contributed by atoms with Crippen molar-refractivity contribution < 1.29 is 10.2 Å². The Morgan fingerprint density at radius 1 is 1.08 bits per heavy atom. The summed E-state index contributed by atoms with van der Waals surface area (Å²) >= 11 is 0. The lowest BCUT2D eigenvalue weighted by Gasteiger charge is -2.25. The zero-order valence-corrected chi connectivity index (χ0v) is 8.12. The minimum absolute atomic E-state index is 0.0352. The summed E-state index contributed by atoms with van der Waals surface area (Å²) in [5, 5.41) is 18.3. The smallest absolute Gasteiger partial charge is 0.0547 e. The molecule has 2 nitrogen and oxygen atoms in total. The summed E-state index contributed by atoms with van der Waals surface area (Å²) in [7, 11) is 0. The maximum absolute atomic E-state index is 9.15. The molecule has 0 aromatic heterocycles. The van der Waals surface area contributed by atoms with E-state index in [1.807, 2.05) is 38.1 Å². The van der Waals surface area contributed by atoms with Crippen LogP contribution in [0.15, 0.2) is 24.3 Å². The van der Waals surface area contributed by atoms with Crippen LogP contribution in [0.4, 0.5) is 0 Å². The van der Waals surface area contributed by atoms with Crippen molar-refractivity contribution in [2.45, 2.75) is 19.3 Å². The van der Waals surface area contributed by atoms with Crippen LogP contribution in [0.3, 0.4) is 0 Å². The summed E-state index contributed by atoms with van der Waals surface area (Å²) in [4.78, 5) is 0. The van der Waals surface area contributed by atoms with E-state index in [1.54, 1.807) is 0 Å². The molecule has 0 atom stereocenters. The van der Waals surface area contributed by atoms with Gasteiger partial charge in [0.1, 0.15) is 0 Å². The van der Waals surface area contributed by atoms with Crippen LogP contribution in [0.5, 0.6) is 0 Å². The van der Waals surface area contributed by atoms with Gasteiger partial charge in [-0.1, -0.05) is 36.8 Å². The number of rotatable bonds is 3. The summed E-state index contributed by atoms with van der Waals surface area (Å²) in [5.41, 5.74) is 1.64. The summed E-state index contributed by atoms with van der Waals surface area (Å²) < 4.78 is 0. The minimum atomic E-state index is -0.520. The monoisotopic (exact) mass is 180 g/mol. The van der Waals surface area contributed by atoms with Gasteiger partial charge >= 0.3 is 0 Å². The molecule has 2 N–H and O–H groups in total. The van der Waals surface area contributed by atoms with E-state index in [9.17, 15) is 0 Å². The number of aliphatic hydroxyl groups excluding tert-OH is 2. The molecule has 0 amide bonds. The highest BCUT2D eigenvalue weighted by Gasteiger charge is 2.24. The van der Waals surface area contributed by atoms with Crippen LogP contribution in [-0.4, -0.2) is 23.4 Å². The Morgan fingerprint density at radius 2 is 1.54 bits per heavy atom. The van der Waals surface area contributed by atoms with Crippen LogP contribution >= 0.6 is 0 Å². The van der Waals surface area contributed by atoms with Crippen LogP contribution in [0, 0.1) is 6.92 Å². The summed E-state index contributed by atoms with van der Waals surface area (Å²) in [5.74, 6) is 0. The number of hydrogen-bond acceptors (Lipinski definition) is 2. The van der Waals surface area contributed by atoms with Crippen molar-refractivity contribution in [1.29, 1.82) is 0 Å². The standard InChI is InChI=1S/C11H16O2/c1-9-3-5-10(6-4-9)11(2,7-12)8-13/h3-6,12-13H,7-8H2,1-2H3. The van der Waals surface area contributed by atoms with E-state index in [2.05, 4.69) is 0 Å². The molecule has 0 aliphatic carbocycles. The number of aryl methyl sites for hydroxylation is 1. The van der Waals surface area contributed by atoms with E-state index in [0.717, 1.165) is 5.56 Å². The maximum atomic E-state index is 9.15. The van der Waals surface area contributed by atoms with Gasteiger partial charge in [-0.15, -0.1) is 0 Å². The molecule has 0 heterocycles. The van der Waals surface area contributed by atoms with Crippen LogP contribution in [-0.2, 0) is 5.41 Å². The fourth-order valence-electron chi connectivity index (χ4n) is 1.19. The first-order chi connectivity index (χ1) is 6.12. The van der Waals surface area contributed by atoms with Gasteiger partial charge in [-0.05, 0) is 12.5 Å². The predicted octanol–water partition coefficient (Wildman–Crippen LogP) is 1.24. The molecule has 0 saturated carbocycles. The maximum Gasteiger partial charge on any atom is 0.0547 e. The molecule has 13 heavy (non-hydrogen) atoms. The van der Waals surface area contributed by atoms with Crippen molar-refractivity contribution in [3.8, 4) is 0 Å². The first-order valence-electron chi connectivity index (χ1n) is 4.41. The van der Waals surface area contributed by atoms with Gasteiger partial charge in [-0.25, -0.2) is 0 Å². The van der Waals surface area contributed by atoms with Crippen LogP contribution in [0.25, 0.3) is 0 Å². The second kappa shape index (κ2) is 3.90. The molecule has 0 unspecified atom stereocenters. The second-order valence-corrected chi connectivity index (χ2v) is 3.74. The topological polar surface area (TPSA) is 40.5 Å². The third-order valence-electron chi connectivity index (χ3n) is 2.45. The predicted molar refractivity (Wildman–Crippen MR) is 52.7 cm³/mol. The highest BCUT2D eigenvalue weighted by Crippen LogP contribution is 2.22. The third kappa shape index (κ3) is 2.08. The van der Waals surface area contributed by atoms with Gasteiger partial charge < -0.3 is 10.2 Å². The van der Waals surface area contributed by atoms with Gasteiger partial charge in [0.05, 0.1) is 13.2 Å². The van der Waals surface area contributed by atoms with E-state index in [4.69, 9.17) is 10.2 Å². The molecule has 0 saturated heterocycles. The normalized spacial score (nSPS) is 11.7. The molecule has 0 aliphatic heterocycles. The summed E-state index contributed by atoms with van der Waals surface area (Å²) in [6.45, 7) is 3.79. The Bertz CT molecular complexity index is 260. The number of hydrogen-bond donors (Lipinski definition) is 2. The minimum Gasteiger partial charge on any atom is -0.395 e. The third-order valence-corrected chi connectivity index (χ3v) is 2.45. The van der Waals surface area contributed by atoms with E-state index >= 15 is 0 Å². The zero-order chi connectivity index (χ0) is 9.90. The van der Waals surface area contributed by atoms with Gasteiger partial charge in [0.2, 0.25) is 0 Å². The SMILES string of the molecule is Cc1ccc(C(C)(CO)CO)cc1. The Hall–Kier alpha value is -0.860. The van der Waals surface area contributed by atoms with Crippen molar-refractivity contribution in [1.82, 2.24) is 0 Å². The van der Waals surface area contributed by atoms with Crippen molar-refractivity contribution in [2.24, 2.45) is 0 Å². The average Bonchev–Trinajstić information content (AvgIpc) is 2.18. The van der Waals surface area contributed by atoms with Crippen LogP contribution < -0.4 is 0 Å². The molecule has 0 bridgehead atoms. The molecule has 0 spiro atoms. The Morgan fingerprint density at radius 3 is 1.92 bits per heavy atom. The molecule has 1 aromatic rings. The number of benzene rings is 1. The van der Waals surface area contributed by atoms with Gasteiger partial charge in [-0.2, -0.15) is 0 Å². The van der Waals surface area contributed by atoms with Crippen LogP contribution in [0.1, 0.15) is 18.1 Å². The fourth-order valence-corrected chi connectivity index (χ4v) is 1.19. The van der Waals surface area contributed by atoms with Gasteiger partial charge in [0.25, 0.3) is 0 Å². The quantitative estimate of drug-likeness (QED) is 0.734. The molecule has 2 heteroatoms. The first kappa shape index (κ1) is 10.2. The summed E-state index contributed by atoms with van der Waals surface area (Å²) in [6.07, 6.45) is 0. The fraction of sp³-hybridized carbons (Fsp3) is 0.455. The molecule has 72 valence electrons. The second-order valence-electron chi connectivity index (χ2n) is 3.74. The van der Waals surface area contributed by atoms with E-state index in [1.165, 1.54) is 5.56 Å². The van der Waals surface area contributed by atoms with Crippen molar-refractivity contribution >= 4 is 0 Å². The van der Waals surface area contributed by atoms with Gasteiger partial charge in [0, 0.05) is 5.41 Å². The lowest BCUT2D eigenvalue weighted by atomic mass is 9.84. The zero-order valence-electron chi connectivity index (χ0n) is 8.12. The number of aliphatic hydroxyl groups is 2. The average molecular weight is 180 g/mol. The van der Waals surface area contributed by atoms with E-state index in [-0.39, 0.29) is 13.2 Å². The molecule has 1 rings (SSSR count). The molecule has 0 fully saturated rings. The first-order valence-corrected chi connectivity index (χ1v) is 4.41. The lowest BCUT2D eigenvalue weighted by Crippen LogP contribution is -2.30.